The van der Waals surface area contributed by atoms with Gasteiger partial charge in [-0.15, -0.1) is 0 Å². The van der Waals surface area contributed by atoms with Crippen LogP contribution >= 0.6 is 11.6 Å². The monoisotopic (exact) mass is 393 g/mol. The molecule has 0 radical (unpaired) electrons. The largest absolute Gasteiger partial charge is 0.744 e. The van der Waals surface area contributed by atoms with Crippen molar-refractivity contribution >= 4 is 21.7 Å². The maximum absolute atomic E-state index is 12.7. The van der Waals surface area contributed by atoms with Gasteiger partial charge in [0.25, 0.3) is 0 Å². The summed E-state index contributed by atoms with van der Waals surface area (Å²) in [4.78, 5) is -0.178. The van der Waals surface area contributed by atoms with Crippen LogP contribution in [0.2, 0.25) is 5.02 Å². The highest BCUT2D eigenvalue weighted by Gasteiger charge is 2.02. The zero-order valence-corrected chi connectivity index (χ0v) is 15.5. The first-order chi connectivity index (χ1) is 12.2. The third-order valence-corrected chi connectivity index (χ3v) is 4.54. The first-order valence-electron chi connectivity index (χ1n) is 7.66. The lowest BCUT2D eigenvalue weighted by atomic mass is 10.2. The molecule has 1 heterocycles. The minimum absolute atomic E-state index is 0.178. The lowest BCUT2D eigenvalue weighted by molar-refractivity contribution is -0.688. The maximum atomic E-state index is 12.7. The zero-order valence-electron chi connectivity index (χ0n) is 14.0. The molecule has 0 atom stereocenters. The molecular formula is C19H17ClFNO3S. The van der Waals surface area contributed by atoms with Crippen LogP contribution in [0.4, 0.5) is 4.39 Å². The quantitative estimate of drug-likeness (QED) is 0.503. The van der Waals surface area contributed by atoms with E-state index in [4.69, 9.17) is 11.6 Å². The summed E-state index contributed by atoms with van der Waals surface area (Å²) in [6.07, 6.45) is 3.79. The molecule has 3 rings (SSSR count). The van der Waals surface area contributed by atoms with E-state index in [-0.39, 0.29) is 10.7 Å². The molecule has 1 aromatic heterocycles. The van der Waals surface area contributed by atoms with E-state index in [9.17, 15) is 17.4 Å². The number of halogens is 2. The predicted octanol–water partition coefficient (Wildman–Crippen LogP) is 3.71. The van der Waals surface area contributed by atoms with Crippen LogP contribution in [-0.4, -0.2) is 13.0 Å². The molecule has 0 bridgehead atoms. The Kier molecular flexibility index (Phi) is 6.85. The van der Waals surface area contributed by atoms with Crippen molar-refractivity contribution in [1.29, 1.82) is 0 Å². The fraction of sp³-hybridized carbons (Fsp3) is 0.105. The second kappa shape index (κ2) is 8.89. The molecule has 4 nitrogen and oxygen atoms in total. The molecule has 0 amide bonds. The Balaban J connectivity index is 0.000000197. The number of benzene rings is 2. The summed E-state index contributed by atoms with van der Waals surface area (Å²) in [5.41, 5.74) is 1.99. The van der Waals surface area contributed by atoms with E-state index < -0.39 is 10.1 Å². The first kappa shape index (κ1) is 20.0. The summed E-state index contributed by atoms with van der Waals surface area (Å²) in [7, 11) is -4.27. The number of pyridine rings is 1. The molecule has 0 saturated carbocycles. The second-order valence-corrected chi connectivity index (χ2v) is 7.40. The number of aryl methyl sites for hydroxylation is 1. The van der Waals surface area contributed by atoms with Gasteiger partial charge in [-0.05, 0) is 43.3 Å². The van der Waals surface area contributed by atoms with Crippen LogP contribution in [0.15, 0.2) is 78.0 Å². The maximum Gasteiger partial charge on any atom is 0.173 e. The van der Waals surface area contributed by atoms with Crippen molar-refractivity contribution in [3.8, 4) is 0 Å². The van der Waals surface area contributed by atoms with Gasteiger partial charge < -0.3 is 4.55 Å². The highest BCUT2D eigenvalue weighted by atomic mass is 35.5. The Morgan fingerprint density at radius 2 is 1.50 bits per heavy atom. The molecule has 0 aliphatic rings. The van der Waals surface area contributed by atoms with Crippen molar-refractivity contribution in [1.82, 2.24) is 0 Å². The summed E-state index contributed by atoms with van der Waals surface area (Å²) in [5.74, 6) is -0.208. The molecular weight excluding hydrogens is 377 g/mol. The lowest BCUT2D eigenvalue weighted by Crippen LogP contribution is -2.32. The number of nitrogens with zero attached hydrogens (tertiary/aromatic N) is 1. The van der Waals surface area contributed by atoms with Crippen LogP contribution in [0.3, 0.4) is 0 Å². The molecule has 3 aromatic rings. The van der Waals surface area contributed by atoms with Crippen molar-refractivity contribution in [2.24, 2.45) is 0 Å². The Labute approximate surface area is 157 Å². The van der Waals surface area contributed by atoms with Crippen LogP contribution in [0.1, 0.15) is 11.1 Å². The minimum atomic E-state index is -4.27. The minimum Gasteiger partial charge on any atom is -0.744 e. The molecule has 26 heavy (non-hydrogen) atoms. The fourth-order valence-corrected chi connectivity index (χ4v) is 2.63. The van der Waals surface area contributed by atoms with Gasteiger partial charge in [0.15, 0.2) is 18.9 Å². The number of hydrogen-bond acceptors (Lipinski definition) is 3. The van der Waals surface area contributed by atoms with E-state index in [1.54, 1.807) is 24.3 Å². The SMILES string of the molecule is Cc1ccc(S(=O)(=O)[O-])cc1.Fc1ccc(C[n+]2ccc(Cl)cc2)cc1. The second-order valence-electron chi connectivity index (χ2n) is 5.58. The Bertz CT molecular complexity index is 898. The fourth-order valence-electron chi connectivity index (χ4n) is 2.05. The molecule has 0 spiro atoms. The molecule has 136 valence electrons. The average molecular weight is 394 g/mol. The molecule has 2 aromatic carbocycles. The van der Waals surface area contributed by atoms with Gasteiger partial charge in [0, 0.05) is 17.7 Å². The average Bonchev–Trinajstić information content (AvgIpc) is 2.59. The highest BCUT2D eigenvalue weighted by molar-refractivity contribution is 7.85. The summed E-state index contributed by atoms with van der Waals surface area (Å²) < 4.78 is 45.8. The highest BCUT2D eigenvalue weighted by Crippen LogP contribution is 2.08. The van der Waals surface area contributed by atoms with Crippen LogP contribution in [0.25, 0.3) is 0 Å². The van der Waals surface area contributed by atoms with Gasteiger partial charge in [0.1, 0.15) is 15.9 Å². The van der Waals surface area contributed by atoms with Crippen LogP contribution in [0, 0.1) is 12.7 Å². The number of rotatable bonds is 3. The first-order valence-corrected chi connectivity index (χ1v) is 9.44. The Morgan fingerprint density at radius 1 is 0.962 bits per heavy atom. The zero-order chi connectivity index (χ0) is 19.2. The van der Waals surface area contributed by atoms with E-state index in [2.05, 4.69) is 0 Å². The van der Waals surface area contributed by atoms with Crippen molar-refractivity contribution in [3.05, 3.63) is 95.0 Å². The summed E-state index contributed by atoms with van der Waals surface area (Å²) in [6, 6.07) is 15.9. The summed E-state index contributed by atoms with van der Waals surface area (Å²) in [5, 5.41) is 0.713. The van der Waals surface area contributed by atoms with E-state index in [0.29, 0.717) is 5.02 Å². The van der Waals surface area contributed by atoms with Crippen LogP contribution in [0.5, 0.6) is 0 Å². The van der Waals surface area contributed by atoms with E-state index in [0.717, 1.165) is 17.7 Å². The summed E-state index contributed by atoms with van der Waals surface area (Å²) >= 11 is 5.77. The van der Waals surface area contributed by atoms with Gasteiger partial charge in [-0.3, -0.25) is 0 Å². The van der Waals surface area contributed by atoms with Gasteiger partial charge >= 0.3 is 0 Å². The Morgan fingerprint density at radius 3 is 2.00 bits per heavy atom. The van der Waals surface area contributed by atoms with Crippen molar-refractivity contribution in [2.75, 3.05) is 0 Å². The van der Waals surface area contributed by atoms with E-state index in [1.807, 2.05) is 36.0 Å². The number of aromatic nitrogens is 1. The van der Waals surface area contributed by atoms with E-state index in [1.165, 1.54) is 24.3 Å². The van der Waals surface area contributed by atoms with Gasteiger partial charge in [0.05, 0.1) is 9.92 Å². The van der Waals surface area contributed by atoms with E-state index >= 15 is 0 Å². The molecule has 0 unspecified atom stereocenters. The predicted molar refractivity (Wildman–Crippen MR) is 96.3 cm³/mol. The van der Waals surface area contributed by atoms with Gasteiger partial charge in [0.2, 0.25) is 0 Å². The molecule has 0 saturated heterocycles. The molecule has 0 aliphatic carbocycles. The molecule has 0 fully saturated rings. The standard InChI is InChI=1S/C12H10ClFN.C7H8O3S/c13-11-5-7-15(8-6-11)9-10-1-3-12(14)4-2-10;1-6-2-4-7(5-3-6)11(8,9)10/h1-8H,9H2;2-5H,1H3,(H,8,9,10)/q+1;/p-1. The third kappa shape index (κ3) is 6.55. The Hall–Kier alpha value is -2.28. The smallest absolute Gasteiger partial charge is 0.173 e. The molecule has 0 aliphatic heterocycles. The lowest BCUT2D eigenvalue weighted by Gasteiger charge is -2.05. The normalized spacial score (nSPS) is 10.8. The van der Waals surface area contributed by atoms with Crippen molar-refractivity contribution in [2.45, 2.75) is 18.4 Å². The molecule has 7 heteroatoms. The van der Waals surface area contributed by atoms with Crippen LogP contribution in [-0.2, 0) is 16.7 Å². The summed E-state index contributed by atoms with van der Waals surface area (Å²) in [6.45, 7) is 2.54. The van der Waals surface area contributed by atoms with Crippen molar-refractivity contribution < 1.29 is 21.9 Å². The van der Waals surface area contributed by atoms with Gasteiger partial charge in [-0.1, -0.05) is 29.3 Å². The third-order valence-electron chi connectivity index (χ3n) is 3.44. The molecule has 0 N–H and O–H groups in total. The van der Waals surface area contributed by atoms with Crippen molar-refractivity contribution in [3.63, 3.8) is 0 Å². The van der Waals surface area contributed by atoms with Gasteiger partial charge in [-0.25, -0.2) is 17.4 Å². The number of hydrogen-bond donors (Lipinski definition) is 0. The van der Waals surface area contributed by atoms with Crippen LogP contribution < -0.4 is 4.57 Å². The van der Waals surface area contributed by atoms with Gasteiger partial charge in [-0.2, -0.15) is 0 Å². The topological polar surface area (TPSA) is 61.1 Å².